The number of methoxy groups -OCH3 is 1. The maximum atomic E-state index is 15.6. The van der Waals surface area contributed by atoms with E-state index in [-0.39, 0.29) is 35.9 Å². The van der Waals surface area contributed by atoms with Gasteiger partial charge >= 0.3 is 6.09 Å². The lowest BCUT2D eigenvalue weighted by Crippen LogP contribution is -2.52. The highest BCUT2D eigenvalue weighted by molar-refractivity contribution is 6.02. The van der Waals surface area contributed by atoms with Crippen molar-refractivity contribution < 1.29 is 27.9 Å². The van der Waals surface area contributed by atoms with Crippen LogP contribution in [0.3, 0.4) is 0 Å². The van der Waals surface area contributed by atoms with Crippen molar-refractivity contribution in [1.29, 1.82) is 0 Å². The van der Waals surface area contributed by atoms with Gasteiger partial charge in [-0.15, -0.1) is 0 Å². The first kappa shape index (κ1) is 24.4. The number of halogens is 2. The first-order chi connectivity index (χ1) is 16.0. The molecule has 1 aromatic rings. The third-order valence-electron chi connectivity index (χ3n) is 7.39. The highest BCUT2D eigenvalue weighted by Crippen LogP contribution is 2.43. The van der Waals surface area contributed by atoms with Crippen molar-refractivity contribution in [1.82, 2.24) is 10.2 Å². The maximum Gasteiger partial charge on any atom is 0.410 e. The van der Waals surface area contributed by atoms with E-state index in [4.69, 9.17) is 4.74 Å². The number of imide groups is 1. The fraction of sp³-hybridized carbons (Fsp3) is 0.640. The van der Waals surface area contributed by atoms with Crippen LogP contribution in [0.1, 0.15) is 76.3 Å². The minimum atomic E-state index is -0.598. The zero-order valence-corrected chi connectivity index (χ0v) is 20.2. The third-order valence-corrected chi connectivity index (χ3v) is 7.39. The average Bonchev–Trinajstić information content (AvgIpc) is 3.17. The number of amides is 3. The monoisotopic (exact) mass is 477 g/mol. The summed E-state index contributed by atoms with van der Waals surface area (Å²) in [7, 11) is 1.36. The number of nitrogens with zero attached hydrogens (tertiary/aromatic N) is 2. The summed E-state index contributed by atoms with van der Waals surface area (Å²) in [5.74, 6) is -2.12. The van der Waals surface area contributed by atoms with Gasteiger partial charge in [-0.2, -0.15) is 0 Å². The first-order valence-corrected chi connectivity index (χ1v) is 12.0. The van der Waals surface area contributed by atoms with Gasteiger partial charge in [0, 0.05) is 41.4 Å². The third kappa shape index (κ3) is 4.36. The highest BCUT2D eigenvalue weighted by Gasteiger charge is 2.40. The number of benzene rings is 1. The number of ether oxygens (including phenoxy) is 1. The van der Waals surface area contributed by atoms with E-state index < -0.39 is 29.1 Å². The SMILES string of the molecule is COC(=O)N(C1CCC(c2c(F)cc3c(c2F)CCN3[C@H]2CCC(=O)NC2=O)CC1)C(C)(C)C. The molecule has 0 bridgehead atoms. The van der Waals surface area contributed by atoms with Crippen LogP contribution >= 0.6 is 0 Å². The fourth-order valence-electron chi connectivity index (χ4n) is 5.88. The zero-order valence-electron chi connectivity index (χ0n) is 20.2. The molecule has 1 saturated heterocycles. The largest absolute Gasteiger partial charge is 0.453 e. The maximum absolute atomic E-state index is 15.6. The summed E-state index contributed by atoms with van der Waals surface area (Å²) in [5.41, 5.74) is 0.539. The van der Waals surface area contributed by atoms with Crippen molar-refractivity contribution in [3.63, 3.8) is 0 Å². The van der Waals surface area contributed by atoms with E-state index in [1.54, 1.807) is 9.80 Å². The van der Waals surface area contributed by atoms with Crippen LogP contribution in [0.15, 0.2) is 6.07 Å². The van der Waals surface area contributed by atoms with E-state index in [0.717, 1.165) is 0 Å². The van der Waals surface area contributed by atoms with Gasteiger partial charge in [-0.25, -0.2) is 13.6 Å². The molecule has 7 nitrogen and oxygen atoms in total. The van der Waals surface area contributed by atoms with Gasteiger partial charge in [0.2, 0.25) is 11.8 Å². The second-order valence-electron chi connectivity index (χ2n) is 10.5. The Morgan fingerprint density at radius 2 is 1.79 bits per heavy atom. The quantitative estimate of drug-likeness (QED) is 0.666. The van der Waals surface area contributed by atoms with E-state index in [0.29, 0.717) is 56.3 Å². The summed E-state index contributed by atoms with van der Waals surface area (Å²) in [6, 6.07) is 0.708. The number of piperidine rings is 1. The van der Waals surface area contributed by atoms with Crippen LogP contribution in [0.4, 0.5) is 19.3 Å². The number of carbonyl (C=O) groups is 3. The number of anilines is 1. The van der Waals surface area contributed by atoms with E-state index in [9.17, 15) is 14.4 Å². The van der Waals surface area contributed by atoms with Gasteiger partial charge in [0.15, 0.2) is 0 Å². The lowest BCUT2D eigenvalue weighted by atomic mass is 9.79. The predicted molar refractivity (Wildman–Crippen MR) is 123 cm³/mol. The topological polar surface area (TPSA) is 79.0 Å². The van der Waals surface area contributed by atoms with Crippen LogP contribution in [-0.4, -0.2) is 54.1 Å². The second-order valence-corrected chi connectivity index (χ2v) is 10.5. The van der Waals surface area contributed by atoms with Crippen molar-refractivity contribution in [2.24, 2.45) is 0 Å². The van der Waals surface area contributed by atoms with Gasteiger partial charge in [-0.05, 0) is 71.3 Å². The van der Waals surface area contributed by atoms with E-state index in [1.165, 1.54) is 13.2 Å². The van der Waals surface area contributed by atoms with Crippen molar-refractivity contribution in [3.8, 4) is 0 Å². The summed E-state index contributed by atoms with van der Waals surface area (Å²) in [6.45, 7) is 6.26. The van der Waals surface area contributed by atoms with Crippen LogP contribution in [0.25, 0.3) is 0 Å². The Hall–Kier alpha value is -2.71. The number of hydrogen-bond donors (Lipinski definition) is 1. The fourth-order valence-corrected chi connectivity index (χ4v) is 5.88. The molecule has 1 aliphatic carbocycles. The van der Waals surface area contributed by atoms with Crippen LogP contribution in [0.5, 0.6) is 0 Å². The number of rotatable bonds is 3. The zero-order chi connectivity index (χ0) is 24.8. The molecule has 0 radical (unpaired) electrons. The lowest BCUT2D eigenvalue weighted by Gasteiger charge is -2.43. The molecular formula is C25H33F2N3O4. The molecule has 1 saturated carbocycles. The van der Waals surface area contributed by atoms with E-state index >= 15 is 8.78 Å². The van der Waals surface area contributed by atoms with Crippen molar-refractivity contribution >= 4 is 23.6 Å². The average molecular weight is 478 g/mol. The number of fused-ring (bicyclic) bond motifs is 1. The Labute approximate surface area is 198 Å². The Kier molecular flexibility index (Phi) is 6.57. The molecule has 0 aromatic heterocycles. The first-order valence-electron chi connectivity index (χ1n) is 12.0. The summed E-state index contributed by atoms with van der Waals surface area (Å²) in [4.78, 5) is 39.6. The second kappa shape index (κ2) is 9.15. The molecule has 2 heterocycles. The molecule has 9 heteroatoms. The lowest BCUT2D eigenvalue weighted by molar-refractivity contribution is -0.134. The number of nitrogens with one attached hydrogen (secondary N) is 1. The Morgan fingerprint density at radius 3 is 2.38 bits per heavy atom. The minimum Gasteiger partial charge on any atom is -0.453 e. The number of carbonyl (C=O) groups excluding carboxylic acids is 3. The molecule has 34 heavy (non-hydrogen) atoms. The standard InChI is InChI=1S/C25H33F2N3O4/c1-25(2,3)30(24(33)34-4)15-7-5-14(6-8-15)21-17(26)13-19-16(22(21)27)11-12-29(19)18-9-10-20(31)28-23(18)32/h13-15,18H,5-12H2,1-4H3,(H,28,31,32)/t14?,15?,18-/m0/s1. The van der Waals surface area contributed by atoms with Crippen molar-refractivity contribution in [2.75, 3.05) is 18.6 Å². The summed E-state index contributed by atoms with van der Waals surface area (Å²) >= 11 is 0. The molecule has 186 valence electrons. The molecule has 3 amide bonds. The van der Waals surface area contributed by atoms with Crippen LogP contribution < -0.4 is 10.2 Å². The Morgan fingerprint density at radius 1 is 1.12 bits per heavy atom. The van der Waals surface area contributed by atoms with E-state index in [2.05, 4.69) is 5.32 Å². The van der Waals surface area contributed by atoms with E-state index in [1.807, 2.05) is 20.8 Å². The van der Waals surface area contributed by atoms with Crippen LogP contribution in [0, 0.1) is 11.6 Å². The highest BCUT2D eigenvalue weighted by atomic mass is 19.1. The van der Waals surface area contributed by atoms with Gasteiger partial charge in [0.25, 0.3) is 0 Å². The molecule has 1 atom stereocenters. The molecular weight excluding hydrogens is 444 g/mol. The van der Waals surface area contributed by atoms with Crippen LogP contribution in [0.2, 0.25) is 0 Å². The molecule has 4 rings (SSSR count). The molecule has 2 fully saturated rings. The Balaban J connectivity index is 1.53. The van der Waals surface area contributed by atoms with Crippen LogP contribution in [-0.2, 0) is 20.7 Å². The van der Waals surface area contributed by atoms with Gasteiger partial charge in [-0.1, -0.05) is 0 Å². The predicted octanol–water partition coefficient (Wildman–Crippen LogP) is 4.03. The van der Waals surface area contributed by atoms with Gasteiger partial charge in [-0.3, -0.25) is 14.9 Å². The van der Waals surface area contributed by atoms with Crippen molar-refractivity contribution in [3.05, 3.63) is 28.8 Å². The smallest absolute Gasteiger partial charge is 0.410 e. The summed E-state index contributed by atoms with van der Waals surface area (Å²) < 4.78 is 35.9. The summed E-state index contributed by atoms with van der Waals surface area (Å²) in [5, 5.41) is 2.32. The minimum absolute atomic E-state index is 0.0488. The van der Waals surface area contributed by atoms with Gasteiger partial charge in [0.1, 0.15) is 17.7 Å². The number of hydrogen-bond acceptors (Lipinski definition) is 5. The molecule has 1 aromatic carbocycles. The molecule has 2 aliphatic heterocycles. The molecule has 3 aliphatic rings. The molecule has 0 spiro atoms. The van der Waals surface area contributed by atoms with Crippen molar-refractivity contribution in [2.45, 2.75) is 89.3 Å². The molecule has 0 unspecified atom stereocenters. The molecule has 1 N–H and O–H groups in total. The van der Waals surface area contributed by atoms with Gasteiger partial charge in [0.05, 0.1) is 7.11 Å². The summed E-state index contributed by atoms with van der Waals surface area (Å²) in [6.07, 6.45) is 2.95. The Bertz CT molecular complexity index is 999. The van der Waals surface area contributed by atoms with Gasteiger partial charge < -0.3 is 14.5 Å². The normalized spacial score (nSPS) is 25.1.